The predicted octanol–water partition coefficient (Wildman–Crippen LogP) is 5.59. The summed E-state index contributed by atoms with van der Waals surface area (Å²) in [5.41, 5.74) is 6.48. The maximum Gasteiger partial charge on any atom is 0.311 e. The van der Waals surface area contributed by atoms with E-state index in [9.17, 15) is 4.79 Å². The quantitative estimate of drug-likeness (QED) is 0.0901. The molecule has 32 heavy (non-hydrogen) atoms. The monoisotopic (exact) mass is 445 g/mol. The Morgan fingerprint density at radius 3 is 2.12 bits per heavy atom. The highest BCUT2D eigenvalue weighted by molar-refractivity contribution is 5.72. The predicted molar refractivity (Wildman–Crippen MR) is 131 cm³/mol. The third-order valence-corrected chi connectivity index (χ3v) is 5.34. The standard InChI is InChI=1S/C27H43NO4/c1-2-3-4-5-6-7-8-9-10-11-12-13-14-15-16-17-26(29)32-24-20-18-23(19-21-24)22-25(28)27(30)31/h6-7,9-10,18-21,25,27,30-31H,2-5,8,11-17,22,28H2,1H3/b7-6-,10-9-/t25-/m0/s1. The Kier molecular flexibility index (Phi) is 16.3. The van der Waals surface area contributed by atoms with Crippen LogP contribution in [-0.4, -0.2) is 28.5 Å². The Morgan fingerprint density at radius 1 is 0.906 bits per heavy atom. The van der Waals surface area contributed by atoms with Crippen molar-refractivity contribution in [3.05, 3.63) is 54.1 Å². The summed E-state index contributed by atoms with van der Waals surface area (Å²) in [6, 6.07) is 6.24. The minimum absolute atomic E-state index is 0.217. The van der Waals surface area contributed by atoms with Crippen LogP contribution in [0, 0.1) is 0 Å². The van der Waals surface area contributed by atoms with Gasteiger partial charge in [-0.05, 0) is 62.6 Å². The lowest BCUT2D eigenvalue weighted by Crippen LogP contribution is -2.36. The number of ether oxygens (including phenoxy) is 1. The van der Waals surface area contributed by atoms with Gasteiger partial charge in [0.2, 0.25) is 0 Å². The molecule has 0 radical (unpaired) electrons. The van der Waals surface area contributed by atoms with Crippen molar-refractivity contribution in [1.82, 2.24) is 0 Å². The normalized spacial score (nSPS) is 12.8. The van der Waals surface area contributed by atoms with Crippen molar-refractivity contribution >= 4 is 5.97 Å². The Bertz CT molecular complexity index is 652. The number of rotatable bonds is 18. The minimum atomic E-state index is -1.55. The smallest absolute Gasteiger partial charge is 0.311 e. The van der Waals surface area contributed by atoms with E-state index in [0.29, 0.717) is 18.6 Å². The fourth-order valence-electron chi connectivity index (χ4n) is 3.33. The second-order valence-electron chi connectivity index (χ2n) is 8.38. The van der Waals surface area contributed by atoms with Gasteiger partial charge in [0.1, 0.15) is 5.75 Å². The molecule has 0 aliphatic rings. The zero-order valence-electron chi connectivity index (χ0n) is 19.8. The van der Waals surface area contributed by atoms with E-state index in [1.54, 1.807) is 24.3 Å². The molecule has 1 rings (SSSR count). The fourth-order valence-corrected chi connectivity index (χ4v) is 3.33. The highest BCUT2D eigenvalue weighted by Gasteiger charge is 2.12. The maximum absolute atomic E-state index is 12.0. The van der Waals surface area contributed by atoms with Gasteiger partial charge in [-0.25, -0.2) is 0 Å². The van der Waals surface area contributed by atoms with Gasteiger partial charge in [0.15, 0.2) is 6.29 Å². The molecule has 0 fully saturated rings. The summed E-state index contributed by atoms with van der Waals surface area (Å²) in [6.07, 6.45) is 21.0. The molecule has 5 heteroatoms. The van der Waals surface area contributed by atoms with Crippen LogP contribution in [0.4, 0.5) is 0 Å². The molecule has 0 heterocycles. The highest BCUT2D eigenvalue weighted by Crippen LogP contribution is 2.15. The molecule has 0 bridgehead atoms. The second kappa shape index (κ2) is 18.6. The lowest BCUT2D eigenvalue weighted by Gasteiger charge is -2.13. The van der Waals surface area contributed by atoms with Crippen LogP contribution in [-0.2, 0) is 11.2 Å². The van der Waals surface area contributed by atoms with Crippen LogP contribution in [0.3, 0.4) is 0 Å². The number of carbonyl (C=O) groups excluding carboxylic acids is 1. The molecular weight excluding hydrogens is 402 g/mol. The summed E-state index contributed by atoms with van der Waals surface area (Å²) in [5, 5.41) is 18.1. The Balaban J connectivity index is 2.02. The molecule has 0 aliphatic heterocycles. The number of hydrogen-bond donors (Lipinski definition) is 3. The van der Waals surface area contributed by atoms with Crippen LogP contribution in [0.25, 0.3) is 0 Å². The van der Waals surface area contributed by atoms with Crippen LogP contribution in [0.15, 0.2) is 48.6 Å². The van der Waals surface area contributed by atoms with Crippen molar-refractivity contribution in [3.63, 3.8) is 0 Å². The van der Waals surface area contributed by atoms with Gasteiger partial charge < -0.3 is 20.7 Å². The Labute approximate surface area is 194 Å². The number of aliphatic hydroxyl groups excluding tert-OH is 1. The minimum Gasteiger partial charge on any atom is -0.427 e. The molecule has 0 saturated carbocycles. The van der Waals surface area contributed by atoms with E-state index < -0.39 is 12.3 Å². The van der Waals surface area contributed by atoms with Gasteiger partial charge >= 0.3 is 5.97 Å². The number of allylic oxidation sites excluding steroid dienone is 4. The van der Waals surface area contributed by atoms with Gasteiger partial charge in [-0.1, -0.05) is 75.5 Å². The van der Waals surface area contributed by atoms with Crippen LogP contribution in [0.5, 0.6) is 5.75 Å². The van der Waals surface area contributed by atoms with Crippen molar-refractivity contribution < 1.29 is 19.7 Å². The Morgan fingerprint density at radius 2 is 1.50 bits per heavy atom. The van der Waals surface area contributed by atoms with E-state index in [-0.39, 0.29) is 5.97 Å². The number of hydrogen-bond acceptors (Lipinski definition) is 5. The maximum atomic E-state index is 12.0. The van der Waals surface area contributed by atoms with Crippen LogP contribution >= 0.6 is 0 Å². The molecule has 1 aromatic carbocycles. The molecule has 0 aliphatic carbocycles. The molecular formula is C27H43NO4. The lowest BCUT2D eigenvalue weighted by atomic mass is 10.1. The van der Waals surface area contributed by atoms with Crippen molar-refractivity contribution in [2.45, 2.75) is 103 Å². The number of unbranched alkanes of at least 4 members (excludes halogenated alkanes) is 8. The van der Waals surface area contributed by atoms with Crippen molar-refractivity contribution in [3.8, 4) is 5.75 Å². The third kappa shape index (κ3) is 15.0. The second-order valence-corrected chi connectivity index (χ2v) is 8.38. The first-order valence-electron chi connectivity index (χ1n) is 12.2. The molecule has 0 saturated heterocycles. The van der Waals surface area contributed by atoms with Crippen LogP contribution in [0.2, 0.25) is 0 Å². The van der Waals surface area contributed by atoms with Gasteiger partial charge in [-0.2, -0.15) is 0 Å². The van der Waals surface area contributed by atoms with E-state index in [1.165, 1.54) is 38.5 Å². The zero-order valence-corrected chi connectivity index (χ0v) is 19.8. The molecule has 4 N–H and O–H groups in total. The average molecular weight is 446 g/mol. The summed E-state index contributed by atoms with van der Waals surface area (Å²) < 4.78 is 5.36. The van der Waals surface area contributed by atoms with E-state index in [1.807, 2.05) is 0 Å². The summed E-state index contributed by atoms with van der Waals surface area (Å²) in [7, 11) is 0. The molecule has 0 amide bonds. The number of esters is 1. The van der Waals surface area contributed by atoms with Crippen LogP contribution in [0.1, 0.15) is 89.5 Å². The third-order valence-electron chi connectivity index (χ3n) is 5.34. The number of aliphatic hydroxyl groups is 2. The van der Waals surface area contributed by atoms with Gasteiger partial charge in [0.05, 0.1) is 6.04 Å². The first kappa shape index (κ1) is 28.1. The van der Waals surface area contributed by atoms with Gasteiger partial charge in [-0.3, -0.25) is 4.79 Å². The fraction of sp³-hybridized carbons (Fsp3) is 0.593. The molecule has 0 aromatic heterocycles. The van der Waals surface area contributed by atoms with Crippen molar-refractivity contribution in [2.75, 3.05) is 0 Å². The molecule has 180 valence electrons. The molecule has 1 atom stereocenters. The van der Waals surface area contributed by atoms with Crippen molar-refractivity contribution in [2.24, 2.45) is 5.73 Å². The van der Waals surface area contributed by atoms with Crippen LogP contribution < -0.4 is 10.5 Å². The first-order chi connectivity index (χ1) is 15.5. The molecule has 1 aromatic rings. The molecule has 5 nitrogen and oxygen atoms in total. The SMILES string of the molecule is CCCCC/C=C\C/C=C\CCCCCCCC(=O)Oc1ccc(C[C@H](N)C(O)O)cc1. The molecule has 0 spiro atoms. The number of nitrogens with two attached hydrogens (primary N) is 1. The zero-order chi connectivity index (χ0) is 23.4. The first-order valence-corrected chi connectivity index (χ1v) is 12.2. The lowest BCUT2D eigenvalue weighted by molar-refractivity contribution is -0.134. The topological polar surface area (TPSA) is 92.8 Å². The summed E-state index contributed by atoms with van der Waals surface area (Å²) >= 11 is 0. The van der Waals surface area contributed by atoms with E-state index >= 15 is 0 Å². The summed E-state index contributed by atoms with van der Waals surface area (Å²) in [4.78, 5) is 12.0. The van der Waals surface area contributed by atoms with Gasteiger partial charge in [0, 0.05) is 6.42 Å². The van der Waals surface area contributed by atoms with E-state index in [2.05, 4.69) is 31.2 Å². The number of benzene rings is 1. The van der Waals surface area contributed by atoms with Gasteiger partial charge in [-0.15, -0.1) is 0 Å². The Hall–Kier alpha value is -1.95. The van der Waals surface area contributed by atoms with Gasteiger partial charge in [0.25, 0.3) is 0 Å². The highest BCUT2D eigenvalue weighted by atomic mass is 16.5. The van der Waals surface area contributed by atoms with E-state index in [0.717, 1.165) is 37.7 Å². The average Bonchev–Trinajstić information content (AvgIpc) is 2.77. The van der Waals surface area contributed by atoms with Crippen molar-refractivity contribution in [1.29, 1.82) is 0 Å². The largest absolute Gasteiger partial charge is 0.427 e. The summed E-state index contributed by atoms with van der Waals surface area (Å²) in [5.74, 6) is 0.283. The number of carbonyl (C=O) groups is 1. The summed E-state index contributed by atoms with van der Waals surface area (Å²) in [6.45, 7) is 2.23. The molecule has 0 unspecified atom stereocenters. The van der Waals surface area contributed by atoms with E-state index in [4.69, 9.17) is 20.7 Å².